The van der Waals surface area contributed by atoms with E-state index < -0.39 is 17.7 Å². The molecule has 1 aliphatic rings. The zero-order valence-corrected chi connectivity index (χ0v) is 23.3. The van der Waals surface area contributed by atoms with E-state index in [0.29, 0.717) is 36.6 Å². The van der Waals surface area contributed by atoms with Crippen molar-refractivity contribution < 1.29 is 14.1 Å². The molecule has 0 bridgehead atoms. The molecule has 41 heavy (non-hydrogen) atoms. The van der Waals surface area contributed by atoms with Gasteiger partial charge in [-0.1, -0.05) is 29.4 Å². The molecule has 1 atom stereocenters. The van der Waals surface area contributed by atoms with E-state index in [-0.39, 0.29) is 36.5 Å². The van der Waals surface area contributed by atoms with E-state index in [1.165, 1.54) is 4.90 Å². The van der Waals surface area contributed by atoms with E-state index in [1.54, 1.807) is 36.7 Å². The lowest BCUT2D eigenvalue weighted by Gasteiger charge is -2.32. The third kappa shape index (κ3) is 6.97. The highest BCUT2D eigenvalue weighted by atomic mass is 35.5. The lowest BCUT2D eigenvalue weighted by molar-refractivity contribution is -0.130. The van der Waals surface area contributed by atoms with Gasteiger partial charge >= 0.3 is 5.76 Å². The van der Waals surface area contributed by atoms with Gasteiger partial charge in [-0.3, -0.25) is 24.1 Å². The van der Waals surface area contributed by atoms with Crippen LogP contribution in [-0.2, 0) is 16.0 Å². The fourth-order valence-electron chi connectivity index (χ4n) is 5.20. The minimum atomic E-state index is -0.928. The number of imide groups is 1. The summed E-state index contributed by atoms with van der Waals surface area (Å²) in [5, 5.41) is 3.70. The predicted molar refractivity (Wildman–Crippen MR) is 158 cm³/mol. The number of hydrogen-bond donors (Lipinski definition) is 3. The number of halogens is 1. The maximum Gasteiger partial charge on any atom is 0.439 e. The molecule has 10 nitrogen and oxygen atoms in total. The smallest absolute Gasteiger partial charge is 0.330 e. The van der Waals surface area contributed by atoms with Gasteiger partial charge in [0.1, 0.15) is 0 Å². The Hall–Kier alpha value is -4.12. The molecule has 4 aromatic rings. The molecule has 1 aliphatic carbocycles. The minimum Gasteiger partial charge on any atom is -0.330 e. The Labute approximate surface area is 243 Å². The van der Waals surface area contributed by atoms with Gasteiger partial charge in [0.25, 0.3) is 5.91 Å². The summed E-state index contributed by atoms with van der Waals surface area (Å²) in [5.41, 5.74) is 16.2. The van der Waals surface area contributed by atoms with Gasteiger partial charge in [0.15, 0.2) is 5.82 Å². The summed E-state index contributed by atoms with van der Waals surface area (Å²) < 4.78 is 4.58. The highest BCUT2D eigenvalue weighted by molar-refractivity contribution is 6.17. The fraction of sp³-hybridized carbons (Fsp3) is 0.300. The first kappa shape index (κ1) is 29.9. The number of aromatic amines is 1. The van der Waals surface area contributed by atoms with E-state index in [9.17, 15) is 14.4 Å². The van der Waals surface area contributed by atoms with E-state index in [2.05, 4.69) is 19.6 Å². The highest BCUT2D eigenvalue weighted by Crippen LogP contribution is 2.32. The molecular formula is C30H33ClN6O4. The largest absolute Gasteiger partial charge is 0.439 e. The van der Waals surface area contributed by atoms with Crippen LogP contribution >= 0.6 is 12.4 Å². The molecule has 11 heteroatoms. The first-order valence-corrected chi connectivity index (χ1v) is 13.4. The Bertz CT molecular complexity index is 1500. The van der Waals surface area contributed by atoms with E-state index >= 15 is 0 Å². The van der Waals surface area contributed by atoms with Crippen LogP contribution in [0.2, 0.25) is 0 Å². The van der Waals surface area contributed by atoms with Crippen molar-refractivity contribution in [2.24, 2.45) is 23.3 Å². The van der Waals surface area contributed by atoms with Gasteiger partial charge in [-0.15, -0.1) is 12.4 Å². The second kappa shape index (κ2) is 13.5. The number of aromatic nitrogens is 3. The van der Waals surface area contributed by atoms with Crippen molar-refractivity contribution in [2.75, 3.05) is 11.4 Å². The molecule has 214 valence electrons. The van der Waals surface area contributed by atoms with Gasteiger partial charge < -0.3 is 11.5 Å². The van der Waals surface area contributed by atoms with E-state index in [4.69, 9.17) is 11.5 Å². The topological polar surface area (TPSA) is 161 Å². The van der Waals surface area contributed by atoms with Crippen LogP contribution in [0.3, 0.4) is 0 Å². The number of carbonyl (C=O) groups is 2. The third-order valence-electron chi connectivity index (χ3n) is 7.55. The van der Waals surface area contributed by atoms with Crippen molar-refractivity contribution in [1.82, 2.24) is 15.1 Å². The van der Waals surface area contributed by atoms with Crippen molar-refractivity contribution in [3.05, 3.63) is 89.2 Å². The Kier molecular flexibility index (Phi) is 9.82. The molecule has 2 aromatic carbocycles. The molecule has 1 fully saturated rings. The first-order valence-electron chi connectivity index (χ1n) is 13.4. The fourth-order valence-corrected chi connectivity index (χ4v) is 5.20. The number of nitrogens with one attached hydrogen (secondary N) is 1. The van der Waals surface area contributed by atoms with Gasteiger partial charge in [-0.25, -0.2) is 9.69 Å². The van der Waals surface area contributed by atoms with Crippen molar-refractivity contribution >= 4 is 29.9 Å². The number of nitrogens with zero attached hydrogens (tertiary/aromatic N) is 3. The maximum absolute atomic E-state index is 13.8. The van der Waals surface area contributed by atoms with Crippen molar-refractivity contribution in [3.63, 3.8) is 0 Å². The van der Waals surface area contributed by atoms with Crippen molar-refractivity contribution in [1.29, 1.82) is 0 Å². The van der Waals surface area contributed by atoms with Gasteiger partial charge in [-0.2, -0.15) is 0 Å². The average Bonchev–Trinajstić information content (AvgIpc) is 3.44. The number of hydrogen-bond acceptors (Lipinski definition) is 8. The standard InChI is InChI=1S/C30H32N6O4.ClH/c31-18-20-3-7-24(8-4-20)28(37)36(25-11-9-23(10-12-25)27-34-30(39)40-35-27)29(38)26(32)17-19-1-5-21(6-2-19)22-13-15-33-16-14-22;/h1-2,5-6,9-16,20,24,26H,3-4,7-8,17-18,31-32H2,(H,34,35,39);1H/t20-,24-,26-;/m0./s1. The summed E-state index contributed by atoms with van der Waals surface area (Å²) >= 11 is 0. The van der Waals surface area contributed by atoms with Crippen LogP contribution in [-0.4, -0.2) is 39.5 Å². The second-order valence-electron chi connectivity index (χ2n) is 10.2. The number of H-pyrrole nitrogens is 1. The second-order valence-corrected chi connectivity index (χ2v) is 10.2. The molecule has 2 aromatic heterocycles. The summed E-state index contributed by atoms with van der Waals surface area (Å²) in [6, 6.07) is 17.4. The van der Waals surface area contributed by atoms with Crippen LogP contribution in [0.25, 0.3) is 22.5 Å². The average molecular weight is 577 g/mol. The quantitative estimate of drug-likeness (QED) is 0.286. The minimum absolute atomic E-state index is 0. The van der Waals surface area contributed by atoms with E-state index in [1.807, 2.05) is 36.4 Å². The van der Waals surface area contributed by atoms with Crippen molar-refractivity contribution in [2.45, 2.75) is 38.1 Å². The Morgan fingerprint density at radius 2 is 1.54 bits per heavy atom. The summed E-state index contributed by atoms with van der Waals surface area (Å²) in [6.07, 6.45) is 6.81. The molecular weight excluding hydrogens is 544 g/mol. The molecule has 0 radical (unpaired) electrons. The first-order chi connectivity index (χ1) is 19.4. The van der Waals surface area contributed by atoms with Crippen LogP contribution in [0.5, 0.6) is 0 Å². The van der Waals surface area contributed by atoms with Crippen molar-refractivity contribution in [3.8, 4) is 22.5 Å². The molecule has 2 heterocycles. The van der Waals surface area contributed by atoms with E-state index in [0.717, 1.165) is 29.5 Å². The lowest BCUT2D eigenvalue weighted by atomic mass is 9.81. The summed E-state index contributed by atoms with van der Waals surface area (Å²) in [5.74, 6) is -1.02. The molecule has 0 spiro atoms. The Balaban J connectivity index is 0.00000387. The number of carbonyl (C=O) groups excluding carboxylic acids is 2. The lowest BCUT2D eigenvalue weighted by Crippen LogP contribution is -2.50. The van der Waals surface area contributed by atoms with Crippen LogP contribution in [0.15, 0.2) is 82.4 Å². The number of anilines is 1. The van der Waals surface area contributed by atoms with Crippen LogP contribution < -0.4 is 22.1 Å². The van der Waals surface area contributed by atoms with Gasteiger partial charge in [0.05, 0.1) is 11.7 Å². The Morgan fingerprint density at radius 3 is 2.12 bits per heavy atom. The van der Waals surface area contributed by atoms with Gasteiger partial charge in [0, 0.05) is 23.9 Å². The van der Waals surface area contributed by atoms with Gasteiger partial charge in [-0.05, 0) is 97.7 Å². The van der Waals surface area contributed by atoms with Crippen LogP contribution in [0.4, 0.5) is 5.69 Å². The number of nitrogens with two attached hydrogens (primary N) is 2. The summed E-state index contributed by atoms with van der Waals surface area (Å²) in [4.78, 5) is 46.7. The zero-order chi connectivity index (χ0) is 28.1. The number of rotatable bonds is 8. The Morgan fingerprint density at radius 1 is 0.927 bits per heavy atom. The number of amides is 2. The normalized spacial score (nSPS) is 17.3. The number of pyridine rings is 1. The van der Waals surface area contributed by atoms with Crippen LogP contribution in [0, 0.1) is 11.8 Å². The number of benzene rings is 2. The van der Waals surface area contributed by atoms with Crippen LogP contribution in [0.1, 0.15) is 31.2 Å². The molecule has 5 rings (SSSR count). The maximum atomic E-state index is 13.8. The molecule has 1 saturated carbocycles. The summed E-state index contributed by atoms with van der Waals surface area (Å²) in [6.45, 7) is 0.597. The molecule has 0 unspecified atom stereocenters. The SMILES string of the molecule is Cl.NC[C@H]1CC[C@H](C(=O)N(C(=O)[C@@H](N)Cc2ccc(-c3ccncc3)cc2)c2ccc(-c3noc(=O)[nH]3)cc2)CC1. The zero-order valence-electron chi connectivity index (χ0n) is 22.4. The molecule has 0 aliphatic heterocycles. The predicted octanol–water partition coefficient (Wildman–Crippen LogP) is 3.71. The summed E-state index contributed by atoms with van der Waals surface area (Å²) in [7, 11) is 0. The van der Waals surface area contributed by atoms with Gasteiger partial charge in [0.2, 0.25) is 5.91 Å². The third-order valence-corrected chi connectivity index (χ3v) is 7.55. The molecule has 2 amide bonds. The molecule has 5 N–H and O–H groups in total. The monoisotopic (exact) mass is 576 g/mol. The molecule has 0 saturated heterocycles. The highest BCUT2D eigenvalue weighted by Gasteiger charge is 2.35.